The van der Waals surface area contributed by atoms with E-state index in [0.29, 0.717) is 21.4 Å². The number of allylic oxidation sites excluding steroid dienone is 8. The van der Waals surface area contributed by atoms with E-state index in [1.807, 2.05) is 72.7 Å². The van der Waals surface area contributed by atoms with Crippen LogP contribution in [0.5, 0.6) is 0 Å². The number of fused-ring (bicyclic) bond motifs is 6. The van der Waals surface area contributed by atoms with E-state index in [-0.39, 0.29) is 107 Å². The zero-order chi connectivity index (χ0) is 44.3. The van der Waals surface area contributed by atoms with Crippen LogP contribution in [0.4, 0.5) is 11.4 Å². The molecule has 0 saturated heterocycles. The molecule has 21 heteroatoms. The third kappa shape index (κ3) is 11.6. The van der Waals surface area contributed by atoms with Crippen molar-refractivity contribution in [3.8, 4) is 0 Å². The quantitative estimate of drug-likeness (QED) is 0.0370. The van der Waals surface area contributed by atoms with Crippen molar-refractivity contribution < 1.29 is 147 Å². The Balaban J connectivity index is 0.00000299. The van der Waals surface area contributed by atoms with Gasteiger partial charge in [-0.3, -0.25) is 9.59 Å². The first-order valence-electron chi connectivity index (χ1n) is 19.4. The molecule has 0 amide bonds. The first kappa shape index (κ1) is 55.4. The fourth-order valence-electron chi connectivity index (χ4n) is 9.12. The second-order valence-electron chi connectivity index (χ2n) is 16.4. The summed E-state index contributed by atoms with van der Waals surface area (Å²) in [5.41, 5.74) is 6.63. The van der Waals surface area contributed by atoms with Gasteiger partial charge in [0.05, 0.1) is 33.9 Å². The van der Waals surface area contributed by atoms with Gasteiger partial charge in [0, 0.05) is 45.9 Å². The predicted octanol–water partition coefficient (Wildman–Crippen LogP) is -2.39. The van der Waals surface area contributed by atoms with E-state index < -0.39 is 52.7 Å². The van der Waals surface area contributed by atoms with Gasteiger partial charge in [0.15, 0.2) is 12.3 Å². The maximum atomic E-state index is 12.0. The Morgan fingerprint density at radius 1 is 0.812 bits per heavy atom. The summed E-state index contributed by atoms with van der Waals surface area (Å²) in [5.74, 6) is -1.13. The van der Waals surface area contributed by atoms with Gasteiger partial charge in [0.2, 0.25) is 5.69 Å². The molecule has 3 aliphatic rings. The molecule has 4 aromatic carbocycles. The van der Waals surface area contributed by atoms with Crippen LogP contribution < -0.4 is 98.8 Å². The minimum atomic E-state index is -4.70. The molecule has 324 valence electrons. The van der Waals surface area contributed by atoms with Crippen LogP contribution in [0.15, 0.2) is 117 Å². The van der Waals surface area contributed by atoms with Crippen LogP contribution >= 0.6 is 12.0 Å². The molecule has 14 nitrogen and oxygen atoms in total. The number of anilines is 1. The summed E-state index contributed by atoms with van der Waals surface area (Å²) in [5, 5.41) is 17.0. The molecule has 7 rings (SSSR count). The Morgan fingerprint density at radius 2 is 1.47 bits per heavy atom. The monoisotopic (exact) mass is 977 g/mol. The largest absolute Gasteiger partial charge is 1.00 e. The Bertz CT molecular complexity index is 3000. The smallest absolute Gasteiger partial charge is 0.748 e. The van der Waals surface area contributed by atoms with E-state index in [1.54, 1.807) is 24.3 Å². The van der Waals surface area contributed by atoms with Crippen molar-refractivity contribution in [3.05, 3.63) is 119 Å². The Labute approximate surface area is 445 Å². The van der Waals surface area contributed by atoms with Crippen LogP contribution in [0.2, 0.25) is 0 Å². The van der Waals surface area contributed by atoms with Crippen molar-refractivity contribution in [2.24, 2.45) is 0 Å². The van der Waals surface area contributed by atoms with E-state index in [1.165, 1.54) is 12.1 Å². The van der Waals surface area contributed by atoms with Gasteiger partial charge in [-0.1, -0.05) is 44.2 Å². The Hall–Kier alpha value is -1.21. The third-order valence-electron chi connectivity index (χ3n) is 12.0. The van der Waals surface area contributed by atoms with E-state index in [9.17, 15) is 44.2 Å². The molecule has 0 bridgehead atoms. The first-order chi connectivity index (χ1) is 28.5. The van der Waals surface area contributed by atoms with Crippen molar-refractivity contribution >= 4 is 81.0 Å². The minimum Gasteiger partial charge on any atom is -0.748 e. The van der Waals surface area contributed by atoms with Crippen molar-refractivity contribution in [1.82, 2.24) is 0 Å². The van der Waals surface area contributed by atoms with Crippen LogP contribution in [0.1, 0.15) is 65.0 Å². The van der Waals surface area contributed by atoms with Gasteiger partial charge in [0.1, 0.15) is 20.2 Å². The average molecular weight is 978 g/mol. The summed E-state index contributed by atoms with van der Waals surface area (Å²) in [7, 11) is -13.6. The molecule has 1 aliphatic carbocycles. The van der Waals surface area contributed by atoms with Crippen LogP contribution in [-0.2, 0) is 50.6 Å². The van der Waals surface area contributed by atoms with Gasteiger partial charge < -0.3 is 19.3 Å². The van der Waals surface area contributed by atoms with E-state index in [0.717, 1.165) is 87.0 Å². The number of hydrogen-bond donors (Lipinski definition) is 1. The molecule has 0 atom stereocenters. The van der Waals surface area contributed by atoms with E-state index in [2.05, 4.69) is 29.3 Å². The van der Waals surface area contributed by atoms with Crippen molar-refractivity contribution in [2.45, 2.75) is 74.5 Å². The molecular weight excluding hydrogens is 934 g/mol. The van der Waals surface area contributed by atoms with Gasteiger partial charge in [0.25, 0.3) is 10.1 Å². The normalized spacial score (nSPS) is 18.4. The van der Waals surface area contributed by atoms with E-state index in [4.69, 9.17) is 0 Å². The molecule has 0 saturated carbocycles. The predicted molar refractivity (Wildman–Crippen MR) is 230 cm³/mol. The van der Waals surface area contributed by atoms with Crippen molar-refractivity contribution in [2.75, 3.05) is 29.5 Å². The molecule has 2 heterocycles. The molecule has 0 fully saturated rings. The fourth-order valence-corrected chi connectivity index (χ4v) is 10.9. The zero-order valence-corrected chi connectivity index (χ0v) is 46.3. The van der Waals surface area contributed by atoms with Crippen LogP contribution in [-0.4, -0.2) is 73.8 Å². The number of hydrogen-bond acceptors (Lipinski definition) is 13. The number of rotatable bonds is 13. The molecule has 0 unspecified atom stereocenters. The third-order valence-corrected chi connectivity index (χ3v) is 14.7. The fraction of sp³-hybridized carbons (Fsp3) is 0.326. The van der Waals surface area contributed by atoms with Gasteiger partial charge in [-0.15, -0.1) is 0 Å². The summed E-state index contributed by atoms with van der Waals surface area (Å²) in [6.45, 7) is 10.0. The molecule has 4 aromatic rings. The van der Waals surface area contributed by atoms with Crippen LogP contribution in [0.25, 0.3) is 21.5 Å². The summed E-state index contributed by atoms with van der Waals surface area (Å²) >= 11 is 0.786. The Kier molecular flexibility index (Phi) is 18.3. The van der Waals surface area contributed by atoms with Gasteiger partial charge in [-0.2, -0.15) is 17.3 Å². The summed E-state index contributed by atoms with van der Waals surface area (Å²) in [6, 6.07) is 17.0. The molecule has 2 aliphatic heterocycles. The maximum Gasteiger partial charge on any atom is 1.00 e. The first-order valence-corrected chi connectivity index (χ1v) is 24.7. The average Bonchev–Trinajstić information content (AvgIpc) is 3.54. The zero-order valence-electron chi connectivity index (χ0n) is 37.0. The van der Waals surface area contributed by atoms with Crippen molar-refractivity contribution in [1.29, 1.82) is 0 Å². The van der Waals surface area contributed by atoms with Gasteiger partial charge in [-0.25, -0.2) is 16.8 Å². The number of benzene rings is 4. The topological polar surface area (TPSA) is 217 Å². The number of nitrogens with zero attached hydrogens (tertiary/aromatic N) is 2. The van der Waals surface area contributed by atoms with Crippen LogP contribution in [0.3, 0.4) is 0 Å². The summed E-state index contributed by atoms with van der Waals surface area (Å²) < 4.78 is 111. The Morgan fingerprint density at radius 3 is 2.12 bits per heavy atom. The standard InChI is InChI=1S/C43H46N2O12S4.3Na/c1-27-28(11-19-38-42(2,3)40-34-15-13-32(58-57-56-46)25-30(34)9-17-36(40)44(38)21-23-59(47,48)49)7-6-8-29(27)12-20-39-43(4,5)41-35-16-14-33(61(53,54)55)26-31(35)10-18-37(41)45(39)22-24-60(50,51)52;;;/h9-20,25-26H,6-8,21-24H2,1-5H3,(H3-,46,47,48,49,50,51,52,53,54,55);;;/q;3*+1/p-2. The van der Waals surface area contributed by atoms with Gasteiger partial charge >= 0.3 is 88.7 Å². The molecule has 0 radical (unpaired) electrons. The minimum absolute atomic E-state index is 0. The van der Waals surface area contributed by atoms with Gasteiger partial charge in [-0.05, 0) is 126 Å². The molecule has 0 aromatic heterocycles. The second kappa shape index (κ2) is 21.2. The van der Waals surface area contributed by atoms with Crippen LogP contribution in [0, 0.1) is 0 Å². The second-order valence-corrected chi connectivity index (χ2v) is 21.7. The summed E-state index contributed by atoms with van der Waals surface area (Å²) in [6.07, 6.45) is 10.4. The molecular formula is C43H44N2Na3O12S4+. The molecule has 0 spiro atoms. The van der Waals surface area contributed by atoms with Crippen molar-refractivity contribution in [3.63, 3.8) is 0 Å². The maximum absolute atomic E-state index is 12.0. The molecule has 1 N–H and O–H groups in total. The molecule has 64 heavy (non-hydrogen) atoms. The van der Waals surface area contributed by atoms with E-state index >= 15 is 0 Å². The summed E-state index contributed by atoms with van der Waals surface area (Å²) in [4.78, 5) is 2.22. The SMILES string of the molecule is CC1=C(C=CC2=[N+](CCS(=O)(=O)[O-])c3ccc4cc(S(=O)(=O)[O-])ccc4c3C2(C)C)CCCC1=C/C=C1/N(CCS(=O)(=O)O)c2ccc3cc(SOO[O-])ccc3c2C1(C)C.[Na+].[Na+].[Na+].